The highest BCUT2D eigenvalue weighted by molar-refractivity contribution is 7.99. The summed E-state index contributed by atoms with van der Waals surface area (Å²) in [5.74, 6) is 0.345. The van der Waals surface area contributed by atoms with E-state index in [0.717, 1.165) is 5.75 Å². The molecule has 106 valence electrons. The highest BCUT2D eigenvalue weighted by Crippen LogP contribution is 2.08. The van der Waals surface area contributed by atoms with E-state index in [0.29, 0.717) is 18.7 Å². The van der Waals surface area contributed by atoms with E-state index in [9.17, 15) is 9.59 Å². The molecule has 0 aromatic carbocycles. The Balaban J connectivity index is 4.11. The van der Waals surface area contributed by atoms with Crippen molar-refractivity contribution >= 4 is 23.8 Å². The van der Waals surface area contributed by atoms with Gasteiger partial charge in [-0.2, -0.15) is 11.8 Å². The van der Waals surface area contributed by atoms with Crippen LogP contribution in [0, 0.1) is 0 Å². The number of rotatable bonds is 7. The molecule has 7 heteroatoms. The van der Waals surface area contributed by atoms with Crippen molar-refractivity contribution in [1.29, 1.82) is 0 Å². The van der Waals surface area contributed by atoms with Crippen LogP contribution in [0.1, 0.15) is 27.2 Å². The van der Waals surface area contributed by atoms with E-state index in [4.69, 9.17) is 15.6 Å². The fourth-order valence-electron chi connectivity index (χ4n) is 1.09. The highest BCUT2D eigenvalue weighted by Gasteiger charge is 2.23. The molecule has 0 saturated carbocycles. The summed E-state index contributed by atoms with van der Waals surface area (Å²) in [6.07, 6.45) is -0.363. The molecule has 0 heterocycles. The van der Waals surface area contributed by atoms with Gasteiger partial charge in [0.25, 0.3) is 0 Å². The molecule has 0 bridgehead atoms. The van der Waals surface area contributed by atoms with Crippen LogP contribution < -0.4 is 11.1 Å². The van der Waals surface area contributed by atoms with Crippen molar-refractivity contribution in [2.75, 3.05) is 18.1 Å². The molecular weight excluding hydrogens is 256 g/mol. The van der Waals surface area contributed by atoms with Gasteiger partial charge in [-0.3, -0.25) is 0 Å². The first-order valence-corrected chi connectivity index (χ1v) is 6.92. The average Bonchev–Trinajstić information content (AvgIpc) is 2.19. The van der Waals surface area contributed by atoms with E-state index >= 15 is 0 Å². The van der Waals surface area contributed by atoms with Gasteiger partial charge in [0.15, 0.2) is 0 Å². The van der Waals surface area contributed by atoms with Gasteiger partial charge >= 0.3 is 12.1 Å². The van der Waals surface area contributed by atoms with Crippen LogP contribution in [0.15, 0.2) is 0 Å². The molecule has 1 atom stereocenters. The smallest absolute Gasteiger partial charge is 0.408 e. The van der Waals surface area contributed by atoms with Crippen molar-refractivity contribution in [2.45, 2.75) is 38.8 Å². The summed E-state index contributed by atoms with van der Waals surface area (Å²) in [5.41, 5.74) is 4.69. The summed E-state index contributed by atoms with van der Waals surface area (Å²) in [6.45, 7) is 5.72. The minimum atomic E-state index is -1.06. The topological polar surface area (TPSA) is 102 Å². The molecule has 0 spiro atoms. The zero-order valence-electron chi connectivity index (χ0n) is 11.1. The molecule has 6 nitrogen and oxygen atoms in total. The number of carboxylic acids is 1. The standard InChI is InChI=1S/C11H22N2O4S/c1-11(2,3)17-10(16)13-8(9(14)15)4-6-18-7-5-12/h8H,4-7,12H2,1-3H3,(H,13,16)(H,14,15). The van der Waals surface area contributed by atoms with Gasteiger partial charge in [-0.1, -0.05) is 0 Å². The lowest BCUT2D eigenvalue weighted by Crippen LogP contribution is -2.43. The summed E-state index contributed by atoms with van der Waals surface area (Å²) in [5, 5.41) is 11.3. The van der Waals surface area contributed by atoms with Gasteiger partial charge in [-0.25, -0.2) is 9.59 Å². The summed E-state index contributed by atoms with van der Waals surface area (Å²) < 4.78 is 5.01. The molecule has 0 aliphatic carbocycles. The summed E-state index contributed by atoms with van der Waals surface area (Å²) in [6, 6.07) is -0.926. The number of carbonyl (C=O) groups is 2. The van der Waals surface area contributed by atoms with E-state index in [1.165, 1.54) is 0 Å². The number of carbonyl (C=O) groups excluding carboxylic acids is 1. The van der Waals surface area contributed by atoms with Gasteiger partial charge in [0, 0.05) is 12.3 Å². The lowest BCUT2D eigenvalue weighted by atomic mass is 10.2. The van der Waals surface area contributed by atoms with E-state index in [1.807, 2.05) is 0 Å². The van der Waals surface area contributed by atoms with Gasteiger partial charge in [0.1, 0.15) is 11.6 Å². The molecule has 0 saturated heterocycles. The maximum Gasteiger partial charge on any atom is 0.408 e. The number of hydrogen-bond acceptors (Lipinski definition) is 5. The maximum absolute atomic E-state index is 11.4. The highest BCUT2D eigenvalue weighted by atomic mass is 32.2. The first kappa shape index (κ1) is 17.1. The van der Waals surface area contributed by atoms with Crippen molar-refractivity contribution < 1.29 is 19.4 Å². The number of thioether (sulfide) groups is 1. The fraction of sp³-hybridized carbons (Fsp3) is 0.818. The second kappa shape index (κ2) is 8.20. The van der Waals surface area contributed by atoms with Gasteiger partial charge < -0.3 is 20.9 Å². The predicted octanol–water partition coefficient (Wildman–Crippen LogP) is 1.05. The van der Waals surface area contributed by atoms with E-state index in [2.05, 4.69) is 5.32 Å². The zero-order valence-corrected chi connectivity index (χ0v) is 11.9. The molecule has 1 unspecified atom stereocenters. The van der Waals surface area contributed by atoms with E-state index in [-0.39, 0.29) is 0 Å². The van der Waals surface area contributed by atoms with Crippen LogP contribution in [0.2, 0.25) is 0 Å². The Morgan fingerprint density at radius 3 is 2.44 bits per heavy atom. The number of alkyl carbamates (subject to hydrolysis) is 1. The molecule has 0 fully saturated rings. The van der Waals surface area contributed by atoms with Crippen LogP contribution in [0.5, 0.6) is 0 Å². The third-order valence-corrected chi connectivity index (χ3v) is 2.85. The second-order valence-corrected chi connectivity index (χ2v) is 5.95. The monoisotopic (exact) mass is 278 g/mol. The van der Waals surface area contributed by atoms with Crippen LogP contribution in [0.25, 0.3) is 0 Å². The summed E-state index contributed by atoms with van der Waals surface area (Å²) >= 11 is 1.56. The first-order valence-electron chi connectivity index (χ1n) is 5.76. The number of hydrogen-bond donors (Lipinski definition) is 3. The molecule has 18 heavy (non-hydrogen) atoms. The Morgan fingerprint density at radius 1 is 1.39 bits per heavy atom. The van der Waals surface area contributed by atoms with Gasteiger partial charge in [0.2, 0.25) is 0 Å². The Kier molecular flexibility index (Phi) is 7.77. The van der Waals surface area contributed by atoms with Crippen LogP contribution in [0.3, 0.4) is 0 Å². The third kappa shape index (κ3) is 9.12. The predicted molar refractivity (Wildman–Crippen MR) is 71.8 cm³/mol. The molecule has 0 rings (SSSR count). The van der Waals surface area contributed by atoms with Crippen molar-refractivity contribution in [3.63, 3.8) is 0 Å². The van der Waals surface area contributed by atoms with Crippen LogP contribution in [-0.2, 0) is 9.53 Å². The average molecular weight is 278 g/mol. The van der Waals surface area contributed by atoms with Crippen molar-refractivity contribution in [2.24, 2.45) is 5.73 Å². The molecule has 4 N–H and O–H groups in total. The van der Waals surface area contributed by atoms with Gasteiger partial charge in [-0.05, 0) is 32.9 Å². The maximum atomic E-state index is 11.4. The number of ether oxygens (including phenoxy) is 1. The molecular formula is C11H22N2O4S. The molecule has 1 amide bonds. The van der Waals surface area contributed by atoms with E-state index in [1.54, 1.807) is 32.5 Å². The lowest BCUT2D eigenvalue weighted by Gasteiger charge is -2.21. The lowest BCUT2D eigenvalue weighted by molar-refractivity contribution is -0.139. The Hall–Kier alpha value is -0.950. The minimum Gasteiger partial charge on any atom is -0.480 e. The number of aliphatic carboxylic acids is 1. The largest absolute Gasteiger partial charge is 0.480 e. The molecule has 0 aliphatic heterocycles. The third-order valence-electron chi connectivity index (χ3n) is 1.80. The van der Waals surface area contributed by atoms with Crippen LogP contribution in [-0.4, -0.2) is 46.9 Å². The molecule has 0 aliphatic rings. The SMILES string of the molecule is CC(C)(C)OC(=O)NC(CCSCCN)C(=O)O. The Bertz CT molecular complexity index is 279. The van der Waals surface area contributed by atoms with Crippen molar-refractivity contribution in [3.05, 3.63) is 0 Å². The Morgan fingerprint density at radius 2 is 2.00 bits per heavy atom. The van der Waals surface area contributed by atoms with Crippen molar-refractivity contribution in [3.8, 4) is 0 Å². The Labute approximate surface area is 112 Å². The van der Waals surface area contributed by atoms with Gasteiger partial charge in [-0.15, -0.1) is 0 Å². The zero-order chi connectivity index (χ0) is 14.2. The van der Waals surface area contributed by atoms with E-state index < -0.39 is 23.7 Å². The van der Waals surface area contributed by atoms with Crippen molar-refractivity contribution in [1.82, 2.24) is 5.32 Å². The van der Waals surface area contributed by atoms with Gasteiger partial charge in [0.05, 0.1) is 0 Å². The quantitative estimate of drug-likeness (QED) is 0.602. The number of nitrogens with two attached hydrogens (primary N) is 1. The number of carboxylic acid groups (broad SMARTS) is 1. The summed E-state index contributed by atoms with van der Waals surface area (Å²) in [4.78, 5) is 22.4. The molecule has 0 radical (unpaired) electrons. The summed E-state index contributed by atoms with van der Waals surface area (Å²) in [7, 11) is 0. The first-order chi connectivity index (χ1) is 8.26. The molecule has 0 aromatic heterocycles. The fourth-order valence-corrected chi connectivity index (χ4v) is 1.87. The normalized spacial score (nSPS) is 12.9. The second-order valence-electron chi connectivity index (χ2n) is 4.73. The van der Waals surface area contributed by atoms with Crippen LogP contribution in [0.4, 0.5) is 4.79 Å². The number of amides is 1. The van der Waals surface area contributed by atoms with Crippen LogP contribution >= 0.6 is 11.8 Å². The number of nitrogens with one attached hydrogen (secondary N) is 1. The molecule has 0 aromatic rings. The minimum absolute atomic E-state index is 0.346.